The fraction of sp³-hybridized carbons (Fsp3) is 0.486. The van der Waals surface area contributed by atoms with Gasteiger partial charge >= 0.3 is 12.1 Å². The fourth-order valence-electron chi connectivity index (χ4n) is 7.62. The van der Waals surface area contributed by atoms with Gasteiger partial charge in [-0.1, -0.05) is 31.5 Å². The number of rotatable bonds is 8. The molecule has 9 nitrogen and oxygen atoms in total. The minimum atomic E-state index is -4.57. The molecular weight excluding hydrogens is 630 g/mol. The van der Waals surface area contributed by atoms with Gasteiger partial charge in [-0.3, -0.25) is 9.59 Å². The van der Waals surface area contributed by atoms with Crippen molar-refractivity contribution in [2.24, 2.45) is 11.8 Å². The van der Waals surface area contributed by atoms with Crippen LogP contribution in [0.15, 0.2) is 60.8 Å². The Balaban J connectivity index is 1.32. The Morgan fingerprint density at radius 2 is 1.75 bits per heavy atom. The Labute approximate surface area is 276 Å². The minimum Gasteiger partial charge on any atom is -0.497 e. The molecule has 4 heterocycles. The van der Waals surface area contributed by atoms with Crippen LogP contribution in [0.25, 0.3) is 0 Å². The second-order valence-corrected chi connectivity index (χ2v) is 13.0. The molecule has 3 saturated heterocycles. The molecule has 0 aliphatic carbocycles. The molecule has 0 unspecified atom stereocenters. The van der Waals surface area contributed by atoms with Crippen LogP contribution in [0.3, 0.4) is 0 Å². The topological polar surface area (TPSA) is 99.1 Å². The smallest absolute Gasteiger partial charge is 0.416 e. The predicted molar refractivity (Wildman–Crippen MR) is 171 cm³/mol. The molecule has 0 radical (unpaired) electrons. The number of hydrogen-bond donors (Lipinski definition) is 1. The summed E-state index contributed by atoms with van der Waals surface area (Å²) in [6, 6.07) is 14.1. The first-order chi connectivity index (χ1) is 22.9. The van der Waals surface area contributed by atoms with E-state index < -0.39 is 41.1 Å². The van der Waals surface area contributed by atoms with E-state index in [0.29, 0.717) is 60.7 Å². The number of halogens is 4. The maximum Gasteiger partial charge on any atom is 0.416 e. The number of nitrogens with zero attached hydrogens (tertiary/aromatic N) is 5. The lowest BCUT2D eigenvalue weighted by atomic mass is 9.84. The van der Waals surface area contributed by atoms with Crippen LogP contribution in [0, 0.1) is 11.8 Å². The molecule has 3 aliphatic heterocycles. The van der Waals surface area contributed by atoms with Crippen molar-refractivity contribution in [1.82, 2.24) is 15.1 Å². The zero-order chi connectivity index (χ0) is 34.2. The third kappa shape index (κ3) is 6.38. The molecule has 0 spiro atoms. The van der Waals surface area contributed by atoms with Crippen LogP contribution in [0.1, 0.15) is 54.7 Å². The molecule has 256 valence electrons. The highest BCUT2D eigenvalue weighted by Crippen LogP contribution is 2.47. The number of aromatic nitrogens is 2. The third-order valence-corrected chi connectivity index (χ3v) is 10.3. The highest BCUT2D eigenvalue weighted by Gasteiger charge is 2.57. The van der Waals surface area contributed by atoms with Crippen molar-refractivity contribution < 1.29 is 37.0 Å². The molecule has 48 heavy (non-hydrogen) atoms. The zero-order valence-electron chi connectivity index (χ0n) is 26.9. The molecule has 4 atom stereocenters. The van der Waals surface area contributed by atoms with Gasteiger partial charge < -0.3 is 24.5 Å². The van der Waals surface area contributed by atoms with Crippen molar-refractivity contribution in [2.45, 2.75) is 49.9 Å². The maximum atomic E-state index is 17.5. The van der Waals surface area contributed by atoms with E-state index in [2.05, 4.69) is 10.2 Å². The van der Waals surface area contributed by atoms with Crippen LogP contribution in [-0.4, -0.2) is 84.1 Å². The lowest BCUT2D eigenvalue weighted by molar-refractivity contribution is -0.143. The van der Waals surface area contributed by atoms with Gasteiger partial charge in [0.15, 0.2) is 5.82 Å². The van der Waals surface area contributed by atoms with Gasteiger partial charge in [-0.25, -0.2) is 4.39 Å². The molecular formula is C35H39F4N5O4. The molecule has 6 rings (SSSR count). The van der Waals surface area contributed by atoms with Crippen molar-refractivity contribution >= 4 is 23.4 Å². The molecule has 13 heteroatoms. The van der Waals surface area contributed by atoms with Crippen LogP contribution < -0.4 is 14.5 Å². The summed E-state index contributed by atoms with van der Waals surface area (Å²) < 4.78 is 64.5. The Hall–Kier alpha value is -4.42. The first-order valence-electron chi connectivity index (χ1n) is 16.3. The standard InChI is InChI=1S/C35H39F4N5O4/c1-3-22-18-43(19-28(22)27-11-8-25(35(37,38)39)17-30(27)42-15-12-24(13-16-42)32(45)46)33(47)34(36)21-44(31-5-4-14-40-41-31)20-29(34)23-6-9-26(48-2)10-7-23/h4-11,14,17,22,24,28-29H,3,12-13,15-16,18-21H2,1-2H3,(H,45,46)/t22-,28-,29-,34-/m0/s1. The number of ether oxygens (including phenoxy) is 1. The second kappa shape index (κ2) is 13.2. The van der Waals surface area contributed by atoms with Crippen molar-refractivity contribution in [1.29, 1.82) is 0 Å². The zero-order valence-corrected chi connectivity index (χ0v) is 26.9. The number of piperidine rings is 1. The average molecular weight is 670 g/mol. The van der Waals surface area contributed by atoms with Gasteiger partial charge in [0, 0.05) is 56.4 Å². The lowest BCUT2D eigenvalue weighted by Gasteiger charge is -2.35. The third-order valence-electron chi connectivity index (χ3n) is 10.3. The van der Waals surface area contributed by atoms with Crippen LogP contribution in [0.4, 0.5) is 29.1 Å². The predicted octanol–water partition coefficient (Wildman–Crippen LogP) is 5.77. The normalized spacial score (nSPS) is 25.0. The van der Waals surface area contributed by atoms with E-state index in [1.54, 1.807) is 41.3 Å². The Morgan fingerprint density at radius 3 is 2.35 bits per heavy atom. The monoisotopic (exact) mass is 669 g/mol. The SMILES string of the molecule is CC[C@H]1CN(C(=O)[C@]2(F)CN(c3cccnn3)C[C@H]2c2ccc(OC)cc2)C[C@@H]1c1ccc(C(F)(F)F)cc1N1CCC(C(=O)O)CC1. The first kappa shape index (κ1) is 33.5. The molecule has 1 amide bonds. The molecule has 2 aromatic carbocycles. The number of anilines is 2. The van der Waals surface area contributed by atoms with E-state index in [0.717, 1.165) is 12.1 Å². The van der Waals surface area contributed by atoms with Gasteiger partial charge in [0.2, 0.25) is 5.67 Å². The number of methoxy groups -OCH3 is 1. The molecule has 3 aliphatic rings. The van der Waals surface area contributed by atoms with Gasteiger partial charge in [0.1, 0.15) is 5.75 Å². The summed E-state index contributed by atoms with van der Waals surface area (Å²) in [4.78, 5) is 31.1. The van der Waals surface area contributed by atoms with Crippen LogP contribution in [0.5, 0.6) is 5.75 Å². The van der Waals surface area contributed by atoms with Crippen molar-refractivity contribution in [3.63, 3.8) is 0 Å². The van der Waals surface area contributed by atoms with E-state index >= 15 is 4.39 Å². The van der Waals surface area contributed by atoms with Crippen LogP contribution in [0.2, 0.25) is 0 Å². The summed E-state index contributed by atoms with van der Waals surface area (Å²) in [5.41, 5.74) is -1.42. The molecule has 1 aromatic heterocycles. The van der Waals surface area contributed by atoms with E-state index in [1.165, 1.54) is 24.3 Å². The Kier molecular flexibility index (Phi) is 9.23. The highest BCUT2D eigenvalue weighted by molar-refractivity contribution is 5.89. The number of benzene rings is 2. The van der Waals surface area contributed by atoms with Gasteiger partial charge in [-0.2, -0.15) is 18.3 Å². The molecule has 3 fully saturated rings. The molecule has 0 bridgehead atoms. The van der Waals surface area contributed by atoms with Crippen molar-refractivity contribution in [2.75, 3.05) is 56.2 Å². The summed E-state index contributed by atoms with van der Waals surface area (Å²) in [5.74, 6) is -2.35. The molecule has 3 aromatic rings. The number of aliphatic carboxylic acids is 1. The maximum absolute atomic E-state index is 17.5. The highest BCUT2D eigenvalue weighted by atomic mass is 19.4. The van der Waals surface area contributed by atoms with E-state index in [-0.39, 0.29) is 38.0 Å². The van der Waals surface area contributed by atoms with Gasteiger partial charge in [-0.05, 0) is 66.3 Å². The number of amides is 1. The molecule has 0 saturated carbocycles. The summed E-state index contributed by atoms with van der Waals surface area (Å²) in [5, 5.41) is 17.6. The number of carboxylic acid groups (broad SMARTS) is 1. The number of carbonyl (C=O) groups excluding carboxylic acids is 1. The van der Waals surface area contributed by atoms with Crippen molar-refractivity contribution in [3.8, 4) is 5.75 Å². The summed E-state index contributed by atoms with van der Waals surface area (Å²) >= 11 is 0. The fourth-order valence-corrected chi connectivity index (χ4v) is 7.62. The quantitative estimate of drug-likeness (QED) is 0.302. The molecule has 1 N–H and O–H groups in total. The van der Waals surface area contributed by atoms with Gasteiger partial charge in [-0.15, -0.1) is 5.10 Å². The van der Waals surface area contributed by atoms with Gasteiger partial charge in [0.25, 0.3) is 5.91 Å². The van der Waals surface area contributed by atoms with Gasteiger partial charge in [0.05, 0.1) is 25.1 Å². The van der Waals surface area contributed by atoms with Crippen molar-refractivity contribution in [3.05, 3.63) is 77.5 Å². The second-order valence-electron chi connectivity index (χ2n) is 13.0. The van der Waals surface area contributed by atoms with E-state index in [9.17, 15) is 27.9 Å². The average Bonchev–Trinajstić information content (AvgIpc) is 3.70. The number of carbonyl (C=O) groups is 2. The minimum absolute atomic E-state index is 0.124. The summed E-state index contributed by atoms with van der Waals surface area (Å²) in [6.45, 7) is 2.92. The van der Waals surface area contributed by atoms with Crippen LogP contribution in [-0.2, 0) is 15.8 Å². The summed E-state index contributed by atoms with van der Waals surface area (Å²) in [6.07, 6.45) is -1.78. The number of alkyl halides is 4. The Bertz CT molecular complexity index is 1620. The first-order valence-corrected chi connectivity index (χ1v) is 16.3. The summed E-state index contributed by atoms with van der Waals surface area (Å²) in [7, 11) is 1.54. The lowest BCUT2D eigenvalue weighted by Crippen LogP contribution is -2.50. The Morgan fingerprint density at radius 1 is 1.02 bits per heavy atom. The van der Waals surface area contributed by atoms with E-state index in [1.807, 2.05) is 11.8 Å². The van der Waals surface area contributed by atoms with E-state index in [4.69, 9.17) is 4.74 Å². The number of likely N-dealkylation sites (tertiary alicyclic amines) is 1. The largest absolute Gasteiger partial charge is 0.497 e. The number of hydrogen-bond acceptors (Lipinski definition) is 7. The number of carboxylic acids is 1. The van der Waals surface area contributed by atoms with Crippen LogP contribution >= 0.6 is 0 Å².